The molecule has 5 rings (SSSR count). The van der Waals surface area contributed by atoms with Crippen LogP contribution in [0.3, 0.4) is 0 Å². The molecule has 1 saturated carbocycles. The van der Waals surface area contributed by atoms with Gasteiger partial charge in [0.25, 0.3) is 0 Å². The second-order valence-electron chi connectivity index (χ2n) is 10.1. The van der Waals surface area contributed by atoms with Crippen molar-refractivity contribution in [2.75, 3.05) is 45.2 Å². The van der Waals surface area contributed by atoms with E-state index in [0.717, 1.165) is 81.2 Å². The average Bonchev–Trinajstić information content (AvgIpc) is 3.55. The van der Waals surface area contributed by atoms with Crippen LogP contribution in [0.25, 0.3) is 11.6 Å². The molecule has 1 atom stereocenters. The molecular formula is C26H35FN4O2. The van der Waals surface area contributed by atoms with Crippen molar-refractivity contribution in [3.8, 4) is 0 Å². The molecule has 1 aliphatic heterocycles. The highest BCUT2D eigenvalue weighted by Gasteiger charge is 2.28. The molecule has 1 saturated heterocycles. The monoisotopic (exact) mass is 454 g/mol. The third-order valence-corrected chi connectivity index (χ3v) is 7.16. The summed E-state index contributed by atoms with van der Waals surface area (Å²) in [6.45, 7) is 3.53. The first kappa shape index (κ1) is 22.5. The number of aromatic nitrogens is 2. The van der Waals surface area contributed by atoms with Crippen LogP contribution in [0.2, 0.25) is 0 Å². The fraction of sp³-hybridized carbons (Fsp3) is 0.615. The van der Waals surface area contributed by atoms with Crippen molar-refractivity contribution in [1.29, 1.82) is 0 Å². The van der Waals surface area contributed by atoms with Gasteiger partial charge in [0.1, 0.15) is 5.82 Å². The van der Waals surface area contributed by atoms with Gasteiger partial charge in [-0.2, -0.15) is 4.39 Å². The first-order chi connectivity index (χ1) is 16.1. The molecule has 1 unspecified atom stereocenters. The van der Waals surface area contributed by atoms with Crippen molar-refractivity contribution < 1.29 is 13.7 Å². The van der Waals surface area contributed by atoms with Crippen molar-refractivity contribution in [3.05, 3.63) is 40.5 Å². The van der Waals surface area contributed by atoms with Crippen LogP contribution in [-0.4, -0.2) is 61.5 Å². The van der Waals surface area contributed by atoms with Gasteiger partial charge in [0.05, 0.1) is 18.4 Å². The number of aryl methyl sites for hydroxylation is 1. The molecule has 2 aliphatic carbocycles. The Balaban J connectivity index is 1.22. The lowest BCUT2D eigenvalue weighted by Crippen LogP contribution is -2.39. The van der Waals surface area contributed by atoms with E-state index in [2.05, 4.69) is 40.1 Å². The molecular weight excluding hydrogens is 419 g/mol. The third kappa shape index (κ3) is 5.46. The Morgan fingerprint density at radius 2 is 1.97 bits per heavy atom. The largest absolute Gasteiger partial charge is 0.373 e. The number of rotatable bonds is 9. The third-order valence-electron chi connectivity index (χ3n) is 7.16. The fourth-order valence-electron chi connectivity index (χ4n) is 5.05. The summed E-state index contributed by atoms with van der Waals surface area (Å²) in [5, 5.41) is 5.67. The maximum absolute atomic E-state index is 13.4. The highest BCUT2D eigenvalue weighted by Crippen LogP contribution is 2.30. The number of halogens is 1. The van der Waals surface area contributed by atoms with E-state index < -0.39 is 5.95 Å². The average molecular weight is 455 g/mol. The van der Waals surface area contributed by atoms with Crippen LogP contribution in [0.15, 0.2) is 22.7 Å². The minimum Gasteiger partial charge on any atom is -0.373 e. The van der Waals surface area contributed by atoms with Crippen molar-refractivity contribution >= 4 is 17.5 Å². The second kappa shape index (κ2) is 9.94. The first-order valence-electron chi connectivity index (χ1n) is 12.4. The molecule has 6 nitrogen and oxygen atoms in total. The molecule has 3 heterocycles. The number of pyridine rings is 1. The number of anilines is 1. The summed E-state index contributed by atoms with van der Waals surface area (Å²) < 4.78 is 25.6. The van der Waals surface area contributed by atoms with Gasteiger partial charge in [0.2, 0.25) is 5.95 Å². The minimum absolute atomic E-state index is 0.0991. The Labute approximate surface area is 195 Å². The van der Waals surface area contributed by atoms with Crippen LogP contribution in [0.1, 0.15) is 44.2 Å². The maximum Gasteiger partial charge on any atom is 0.214 e. The molecule has 2 fully saturated rings. The molecule has 2 aromatic heterocycles. The van der Waals surface area contributed by atoms with E-state index in [1.54, 1.807) is 6.07 Å². The van der Waals surface area contributed by atoms with E-state index in [1.165, 1.54) is 29.7 Å². The fourth-order valence-corrected chi connectivity index (χ4v) is 5.05. The van der Waals surface area contributed by atoms with Gasteiger partial charge in [-0.1, -0.05) is 17.3 Å². The summed E-state index contributed by atoms with van der Waals surface area (Å²) in [4.78, 5) is 8.41. The zero-order chi connectivity index (χ0) is 22.8. The molecule has 178 valence electrons. The Morgan fingerprint density at radius 1 is 1.15 bits per heavy atom. The van der Waals surface area contributed by atoms with Crippen LogP contribution in [0.5, 0.6) is 0 Å². The van der Waals surface area contributed by atoms with Gasteiger partial charge >= 0.3 is 0 Å². The van der Waals surface area contributed by atoms with Crippen LogP contribution in [0, 0.1) is 17.8 Å². The van der Waals surface area contributed by atoms with Crippen molar-refractivity contribution in [3.63, 3.8) is 0 Å². The molecule has 0 bridgehead atoms. The minimum atomic E-state index is -0.410. The highest BCUT2D eigenvalue weighted by molar-refractivity contribution is 5.55. The van der Waals surface area contributed by atoms with E-state index in [1.807, 2.05) is 6.07 Å². The van der Waals surface area contributed by atoms with Gasteiger partial charge in [-0.25, -0.2) is 4.98 Å². The quantitative estimate of drug-likeness (QED) is 0.543. The van der Waals surface area contributed by atoms with E-state index in [-0.39, 0.29) is 6.10 Å². The zero-order valence-corrected chi connectivity index (χ0v) is 19.8. The zero-order valence-electron chi connectivity index (χ0n) is 19.8. The summed E-state index contributed by atoms with van der Waals surface area (Å²) in [6, 6.07) is 5.02. The second-order valence-corrected chi connectivity index (χ2v) is 10.1. The standard InChI is InChI=1S/C26H35FN4O2/c1-30(2)16-21-23(32-17-19-6-7-19)11-9-20-22(29-33-26(20)21)10-8-18-12-14-31(15-13-18)25-5-3-4-24(27)28-25/h3-5,9,18-19,23H,6-8,10-17H2,1-2H3. The number of fused-ring (bicyclic) bond motifs is 1. The molecule has 0 N–H and O–H groups in total. The van der Waals surface area contributed by atoms with Crippen LogP contribution in [0.4, 0.5) is 10.2 Å². The molecule has 0 aromatic carbocycles. The molecule has 7 heteroatoms. The molecule has 3 aliphatic rings. The van der Waals surface area contributed by atoms with E-state index >= 15 is 0 Å². The molecule has 0 spiro atoms. The number of piperidine rings is 1. The summed E-state index contributed by atoms with van der Waals surface area (Å²) >= 11 is 0. The topological polar surface area (TPSA) is 54.6 Å². The van der Waals surface area contributed by atoms with E-state index in [0.29, 0.717) is 5.92 Å². The number of hydrogen-bond acceptors (Lipinski definition) is 6. The predicted molar refractivity (Wildman–Crippen MR) is 127 cm³/mol. The Kier molecular flexibility index (Phi) is 6.79. The number of hydrogen-bond donors (Lipinski definition) is 0. The summed E-state index contributed by atoms with van der Waals surface area (Å²) in [7, 11) is 4.18. The van der Waals surface area contributed by atoms with Gasteiger partial charge in [0, 0.05) is 30.4 Å². The number of ether oxygens (including phenoxy) is 1. The van der Waals surface area contributed by atoms with Crippen LogP contribution in [-0.2, 0) is 11.2 Å². The van der Waals surface area contributed by atoms with E-state index in [9.17, 15) is 4.39 Å². The lowest BCUT2D eigenvalue weighted by atomic mass is 9.91. The molecule has 33 heavy (non-hydrogen) atoms. The maximum atomic E-state index is 13.4. The smallest absolute Gasteiger partial charge is 0.214 e. The van der Waals surface area contributed by atoms with Crippen molar-refractivity contribution in [2.24, 2.45) is 11.8 Å². The Morgan fingerprint density at radius 3 is 2.70 bits per heavy atom. The normalized spacial score (nSPS) is 21.4. The highest BCUT2D eigenvalue weighted by atomic mass is 19.1. The van der Waals surface area contributed by atoms with Gasteiger partial charge < -0.3 is 19.1 Å². The lowest BCUT2D eigenvalue weighted by Gasteiger charge is -2.32. The number of nitrogens with zero attached hydrogens (tertiary/aromatic N) is 4. The van der Waals surface area contributed by atoms with Crippen molar-refractivity contribution in [1.82, 2.24) is 15.0 Å². The SMILES string of the molecule is CN(C)CC1=c2onc(CCC3CCN(c4cccc(F)n4)CC3)c2=CCC1OCC1CC1. The summed E-state index contributed by atoms with van der Waals surface area (Å²) in [6.07, 6.45) is 10.1. The molecule has 0 radical (unpaired) electrons. The van der Waals surface area contributed by atoms with Gasteiger partial charge in [-0.05, 0) is 83.0 Å². The van der Waals surface area contributed by atoms with Crippen molar-refractivity contribution in [2.45, 2.75) is 51.0 Å². The first-order valence-corrected chi connectivity index (χ1v) is 12.4. The van der Waals surface area contributed by atoms with E-state index in [4.69, 9.17) is 9.26 Å². The lowest BCUT2D eigenvalue weighted by molar-refractivity contribution is 0.0815. The van der Waals surface area contributed by atoms with Gasteiger partial charge in [-0.15, -0.1) is 0 Å². The van der Waals surface area contributed by atoms with Gasteiger partial charge in [0.15, 0.2) is 5.42 Å². The van der Waals surface area contributed by atoms with Crippen LogP contribution < -0.4 is 15.5 Å². The van der Waals surface area contributed by atoms with Crippen LogP contribution >= 0.6 is 0 Å². The summed E-state index contributed by atoms with van der Waals surface area (Å²) in [5.74, 6) is 1.73. The predicted octanol–water partition coefficient (Wildman–Crippen LogP) is 2.75. The van der Waals surface area contributed by atoms with Gasteiger partial charge in [-0.3, -0.25) is 0 Å². The summed E-state index contributed by atoms with van der Waals surface area (Å²) in [5.41, 5.74) is 3.24. The Bertz CT molecular complexity index is 1070. The molecule has 2 aromatic rings. The Hall–Kier alpha value is -2.25. The molecule has 0 amide bonds.